The minimum atomic E-state index is -1.23. The summed E-state index contributed by atoms with van der Waals surface area (Å²) in [6, 6.07) is 11.6. The van der Waals surface area contributed by atoms with Crippen LogP contribution >= 0.6 is 0 Å². The monoisotopic (exact) mass is 314 g/mol. The van der Waals surface area contributed by atoms with E-state index in [1.54, 1.807) is 20.1 Å². The Morgan fingerprint density at radius 2 is 1.78 bits per heavy atom. The van der Waals surface area contributed by atoms with Crippen molar-refractivity contribution in [3.8, 4) is 23.0 Å². The lowest BCUT2D eigenvalue weighted by Crippen LogP contribution is -2.38. The molecular weight excluding hydrogens is 296 g/mol. The number of benzene rings is 2. The minimum Gasteiger partial charge on any atom is -0.497 e. The Morgan fingerprint density at radius 1 is 1.09 bits per heavy atom. The predicted molar refractivity (Wildman–Crippen MR) is 83.3 cm³/mol. The second kappa shape index (κ2) is 5.06. The molecule has 2 aromatic carbocycles. The van der Waals surface area contributed by atoms with Crippen LogP contribution in [0.1, 0.15) is 30.4 Å². The van der Waals surface area contributed by atoms with E-state index >= 15 is 0 Å². The fraction of sp³-hybridized carbons (Fsp3) is 0.333. The molecule has 1 N–H and O–H groups in total. The molecule has 5 heteroatoms. The Balaban J connectivity index is 1.80. The van der Waals surface area contributed by atoms with Crippen LogP contribution in [0.4, 0.5) is 0 Å². The van der Waals surface area contributed by atoms with Gasteiger partial charge in [0.15, 0.2) is 11.5 Å². The smallest absolute Gasteiger partial charge is 0.231 e. The van der Waals surface area contributed by atoms with E-state index < -0.39 is 5.79 Å². The largest absolute Gasteiger partial charge is 0.497 e. The predicted octanol–water partition coefficient (Wildman–Crippen LogP) is 3.05. The van der Waals surface area contributed by atoms with Crippen LogP contribution in [0.15, 0.2) is 36.4 Å². The number of methoxy groups -OCH3 is 1. The normalized spacial score (nSPS) is 24.7. The van der Waals surface area contributed by atoms with Crippen LogP contribution in [0.5, 0.6) is 23.0 Å². The van der Waals surface area contributed by atoms with Crippen LogP contribution < -0.4 is 18.9 Å². The minimum absolute atomic E-state index is 0.00848. The van der Waals surface area contributed by atoms with Gasteiger partial charge in [0.2, 0.25) is 12.6 Å². The molecule has 0 amide bonds. The topological polar surface area (TPSA) is 57.2 Å². The average Bonchev–Trinajstić information content (AvgIpc) is 2.99. The third kappa shape index (κ3) is 2.47. The molecule has 0 aliphatic carbocycles. The van der Waals surface area contributed by atoms with Gasteiger partial charge in [-0.25, -0.2) is 0 Å². The highest BCUT2D eigenvalue weighted by Crippen LogP contribution is 2.48. The van der Waals surface area contributed by atoms with Gasteiger partial charge in [-0.2, -0.15) is 0 Å². The molecule has 0 fully saturated rings. The molecule has 2 aliphatic rings. The summed E-state index contributed by atoms with van der Waals surface area (Å²) >= 11 is 0. The van der Waals surface area contributed by atoms with Crippen molar-refractivity contribution in [1.82, 2.24) is 0 Å². The van der Waals surface area contributed by atoms with Crippen molar-refractivity contribution in [2.45, 2.75) is 25.0 Å². The lowest BCUT2D eigenvalue weighted by molar-refractivity contribution is -0.137. The average molecular weight is 314 g/mol. The second-order valence-corrected chi connectivity index (χ2v) is 6.05. The van der Waals surface area contributed by atoms with Gasteiger partial charge in [-0.1, -0.05) is 12.1 Å². The van der Waals surface area contributed by atoms with E-state index in [-0.39, 0.29) is 12.7 Å². The lowest BCUT2D eigenvalue weighted by atomic mass is 9.83. The van der Waals surface area contributed by atoms with Gasteiger partial charge in [-0.05, 0) is 23.8 Å². The Kier molecular flexibility index (Phi) is 3.13. The summed E-state index contributed by atoms with van der Waals surface area (Å²) in [5.41, 5.74) is 2.08. The van der Waals surface area contributed by atoms with E-state index in [4.69, 9.17) is 18.9 Å². The third-order valence-corrected chi connectivity index (χ3v) is 4.31. The van der Waals surface area contributed by atoms with Crippen LogP contribution in [-0.4, -0.2) is 24.8 Å². The second-order valence-electron chi connectivity index (χ2n) is 6.05. The van der Waals surface area contributed by atoms with E-state index in [9.17, 15) is 5.11 Å². The van der Waals surface area contributed by atoms with Crippen LogP contribution in [-0.2, 0) is 0 Å². The van der Waals surface area contributed by atoms with Gasteiger partial charge in [0.25, 0.3) is 0 Å². The highest BCUT2D eigenvalue weighted by Gasteiger charge is 2.38. The summed E-state index contributed by atoms with van der Waals surface area (Å²) in [6.45, 7) is 1.89. The molecule has 0 saturated carbocycles. The molecule has 4 rings (SSSR count). The molecule has 5 nitrogen and oxygen atoms in total. The zero-order chi connectivity index (χ0) is 16.0. The fourth-order valence-corrected chi connectivity index (χ4v) is 3.20. The molecule has 23 heavy (non-hydrogen) atoms. The molecule has 0 radical (unpaired) electrons. The first-order valence-electron chi connectivity index (χ1n) is 7.55. The van der Waals surface area contributed by atoms with Crippen molar-refractivity contribution in [3.63, 3.8) is 0 Å². The Morgan fingerprint density at radius 3 is 2.48 bits per heavy atom. The van der Waals surface area contributed by atoms with Crippen molar-refractivity contribution in [3.05, 3.63) is 47.5 Å². The fourth-order valence-electron chi connectivity index (χ4n) is 3.20. The number of hydrogen-bond acceptors (Lipinski definition) is 5. The van der Waals surface area contributed by atoms with Crippen molar-refractivity contribution in [2.24, 2.45) is 0 Å². The summed E-state index contributed by atoms with van der Waals surface area (Å²) in [4.78, 5) is 0. The van der Waals surface area contributed by atoms with Gasteiger partial charge in [-0.3, -0.25) is 0 Å². The van der Waals surface area contributed by atoms with Gasteiger partial charge in [0, 0.05) is 30.9 Å². The summed E-state index contributed by atoms with van der Waals surface area (Å²) in [5.74, 6) is 1.58. The molecule has 0 saturated heterocycles. The Bertz CT molecular complexity index is 736. The highest BCUT2D eigenvalue weighted by molar-refractivity contribution is 5.56. The quantitative estimate of drug-likeness (QED) is 0.923. The zero-order valence-corrected chi connectivity index (χ0v) is 13.0. The molecule has 0 bridgehead atoms. The number of rotatable bonds is 2. The van der Waals surface area contributed by atoms with Gasteiger partial charge in [-0.15, -0.1) is 0 Å². The lowest BCUT2D eigenvalue weighted by Gasteiger charge is -2.36. The zero-order valence-electron chi connectivity index (χ0n) is 13.0. The van der Waals surface area contributed by atoms with E-state index in [0.29, 0.717) is 23.7 Å². The van der Waals surface area contributed by atoms with Gasteiger partial charge in [0.1, 0.15) is 11.5 Å². The summed E-state index contributed by atoms with van der Waals surface area (Å²) < 4.78 is 21.8. The van der Waals surface area contributed by atoms with Crippen LogP contribution in [0.25, 0.3) is 0 Å². The molecule has 2 aliphatic heterocycles. The summed E-state index contributed by atoms with van der Waals surface area (Å²) in [7, 11) is 1.64. The first-order chi connectivity index (χ1) is 11.1. The van der Waals surface area contributed by atoms with Crippen molar-refractivity contribution in [1.29, 1.82) is 0 Å². The van der Waals surface area contributed by atoms with Crippen molar-refractivity contribution < 1.29 is 24.1 Å². The molecule has 0 aromatic heterocycles. The van der Waals surface area contributed by atoms with Crippen LogP contribution in [0.2, 0.25) is 0 Å². The number of hydrogen-bond donors (Lipinski definition) is 1. The van der Waals surface area contributed by atoms with Crippen molar-refractivity contribution in [2.75, 3.05) is 13.9 Å². The first-order valence-corrected chi connectivity index (χ1v) is 7.55. The van der Waals surface area contributed by atoms with Crippen LogP contribution in [0, 0.1) is 0 Å². The molecule has 2 atom stereocenters. The third-order valence-electron chi connectivity index (χ3n) is 4.31. The molecule has 0 spiro atoms. The molecular formula is C18H18O5. The maximum Gasteiger partial charge on any atom is 0.231 e. The van der Waals surface area contributed by atoms with Gasteiger partial charge >= 0.3 is 0 Å². The van der Waals surface area contributed by atoms with E-state index in [0.717, 1.165) is 16.9 Å². The molecule has 0 unspecified atom stereocenters. The summed E-state index contributed by atoms with van der Waals surface area (Å²) in [5, 5.41) is 10.5. The van der Waals surface area contributed by atoms with E-state index in [1.165, 1.54) is 0 Å². The Labute approximate surface area is 134 Å². The first kappa shape index (κ1) is 14.2. The van der Waals surface area contributed by atoms with E-state index in [1.807, 2.05) is 30.3 Å². The van der Waals surface area contributed by atoms with Gasteiger partial charge < -0.3 is 24.1 Å². The Hall–Kier alpha value is -2.40. The molecule has 120 valence electrons. The number of fused-ring (bicyclic) bond motifs is 2. The SMILES string of the molecule is COc1ccc([C@@H]2C[C@@](C)(O)Oc3cc4c(cc32)OCO4)cc1. The standard InChI is InChI=1S/C18H18O5/c1-18(19)9-14(11-3-5-12(20-2)6-4-11)13-7-16-17(22-10-21-16)8-15(13)23-18/h3-8,14,19H,9-10H2,1-2H3/t14-,18-/m0/s1. The van der Waals surface area contributed by atoms with Crippen LogP contribution in [0.3, 0.4) is 0 Å². The maximum atomic E-state index is 10.5. The maximum absolute atomic E-state index is 10.5. The number of ether oxygens (including phenoxy) is 4. The number of aliphatic hydroxyl groups is 1. The molecule has 2 aromatic rings. The van der Waals surface area contributed by atoms with Gasteiger partial charge in [0.05, 0.1) is 7.11 Å². The van der Waals surface area contributed by atoms with Crippen molar-refractivity contribution >= 4 is 0 Å². The molecule has 2 heterocycles. The van der Waals surface area contributed by atoms with E-state index in [2.05, 4.69) is 0 Å². The highest BCUT2D eigenvalue weighted by atomic mass is 16.7. The summed E-state index contributed by atoms with van der Waals surface area (Å²) in [6.07, 6.45) is 0.464.